The molecule has 2 nitrogen and oxygen atoms in total. The van der Waals surface area contributed by atoms with Gasteiger partial charge in [-0.25, -0.2) is 0 Å². The third-order valence-corrected chi connectivity index (χ3v) is 4.68. The molecular formula is C18H24ClNO. The molecule has 2 aromatic carbocycles. The van der Waals surface area contributed by atoms with Gasteiger partial charge in [0.25, 0.3) is 0 Å². The molecule has 2 atom stereocenters. The van der Waals surface area contributed by atoms with Gasteiger partial charge < -0.3 is 10.8 Å². The lowest BCUT2D eigenvalue weighted by molar-refractivity contribution is 0.0622. The van der Waals surface area contributed by atoms with Gasteiger partial charge >= 0.3 is 0 Å². The first-order chi connectivity index (χ1) is 9.77. The van der Waals surface area contributed by atoms with E-state index in [-0.39, 0.29) is 18.4 Å². The van der Waals surface area contributed by atoms with E-state index in [1.165, 1.54) is 24.6 Å². The van der Waals surface area contributed by atoms with Crippen LogP contribution in [0.2, 0.25) is 0 Å². The van der Waals surface area contributed by atoms with Crippen LogP contribution in [0.1, 0.15) is 43.7 Å². The molecule has 0 saturated heterocycles. The molecule has 0 spiro atoms. The van der Waals surface area contributed by atoms with E-state index in [0.29, 0.717) is 5.92 Å². The van der Waals surface area contributed by atoms with Crippen LogP contribution in [0.25, 0.3) is 10.8 Å². The zero-order chi connectivity index (χ0) is 13.9. The Labute approximate surface area is 132 Å². The predicted molar refractivity (Wildman–Crippen MR) is 90.7 cm³/mol. The Hall–Kier alpha value is -1.09. The number of benzene rings is 2. The molecule has 3 heteroatoms. The zero-order valence-electron chi connectivity index (χ0n) is 12.2. The minimum absolute atomic E-state index is 0. The maximum atomic E-state index is 10.6. The minimum Gasteiger partial charge on any atom is -0.391 e. The maximum absolute atomic E-state index is 10.6. The number of hydrogen-bond donors (Lipinski definition) is 2. The summed E-state index contributed by atoms with van der Waals surface area (Å²) in [4.78, 5) is 0. The molecule has 1 fully saturated rings. The lowest BCUT2D eigenvalue weighted by Crippen LogP contribution is -2.34. The molecule has 1 aliphatic carbocycles. The smallest absolute Gasteiger partial charge is 0.0761 e. The molecule has 0 bridgehead atoms. The highest BCUT2D eigenvalue weighted by atomic mass is 35.5. The molecule has 0 radical (unpaired) electrons. The summed E-state index contributed by atoms with van der Waals surface area (Å²) in [5, 5.41) is 13.0. The van der Waals surface area contributed by atoms with Crippen molar-refractivity contribution >= 4 is 23.2 Å². The average molecular weight is 306 g/mol. The van der Waals surface area contributed by atoms with E-state index in [2.05, 4.69) is 24.3 Å². The van der Waals surface area contributed by atoms with Crippen molar-refractivity contribution in [2.24, 2.45) is 11.7 Å². The van der Waals surface area contributed by atoms with Crippen LogP contribution in [-0.4, -0.2) is 11.2 Å². The topological polar surface area (TPSA) is 46.2 Å². The fraction of sp³-hybridized carbons (Fsp3) is 0.444. The van der Waals surface area contributed by atoms with Crippen LogP contribution in [0.4, 0.5) is 0 Å². The number of aliphatic hydroxyl groups is 1. The average Bonchev–Trinajstić information content (AvgIpc) is 2.54. The molecule has 0 unspecified atom stereocenters. The summed E-state index contributed by atoms with van der Waals surface area (Å²) >= 11 is 0. The molecule has 0 aliphatic heterocycles. The lowest BCUT2D eigenvalue weighted by Gasteiger charge is -2.31. The number of fused-ring (bicyclic) bond motifs is 1. The first-order valence-electron chi connectivity index (χ1n) is 7.68. The van der Waals surface area contributed by atoms with Crippen molar-refractivity contribution in [2.75, 3.05) is 0 Å². The van der Waals surface area contributed by atoms with Gasteiger partial charge in [-0.3, -0.25) is 0 Å². The summed E-state index contributed by atoms with van der Waals surface area (Å²) in [5.74, 6) is 0.359. The second-order valence-electron chi connectivity index (χ2n) is 5.98. The summed E-state index contributed by atoms with van der Waals surface area (Å²) in [6.07, 6.45) is 5.54. The zero-order valence-corrected chi connectivity index (χ0v) is 13.1. The van der Waals surface area contributed by atoms with Gasteiger partial charge in [-0.05, 0) is 35.1 Å². The second kappa shape index (κ2) is 7.26. The Balaban J connectivity index is 0.00000161. The fourth-order valence-corrected chi connectivity index (χ4v) is 3.49. The highest BCUT2D eigenvalue weighted by Gasteiger charge is 2.28. The highest BCUT2D eigenvalue weighted by Crippen LogP contribution is 2.33. The van der Waals surface area contributed by atoms with Crippen LogP contribution in [0.3, 0.4) is 0 Å². The molecule has 0 heterocycles. The van der Waals surface area contributed by atoms with Gasteiger partial charge in [0, 0.05) is 0 Å². The van der Waals surface area contributed by atoms with Gasteiger partial charge in [0.15, 0.2) is 0 Å². The number of halogens is 1. The SMILES string of the molecule is Cl.N[C@H](c1cccc2ccccc12)[C@@H](O)C1CCCCC1. The molecule has 3 N–H and O–H groups in total. The van der Waals surface area contributed by atoms with Crippen molar-refractivity contribution in [3.8, 4) is 0 Å². The van der Waals surface area contributed by atoms with Crippen LogP contribution in [-0.2, 0) is 0 Å². The van der Waals surface area contributed by atoms with Crippen molar-refractivity contribution in [1.82, 2.24) is 0 Å². The van der Waals surface area contributed by atoms with Gasteiger partial charge in [-0.1, -0.05) is 61.7 Å². The van der Waals surface area contributed by atoms with Crippen molar-refractivity contribution in [1.29, 1.82) is 0 Å². The Morgan fingerprint density at radius 2 is 1.62 bits per heavy atom. The van der Waals surface area contributed by atoms with Crippen molar-refractivity contribution in [2.45, 2.75) is 44.2 Å². The summed E-state index contributed by atoms with van der Waals surface area (Å²) in [6.45, 7) is 0. The molecule has 1 saturated carbocycles. The van der Waals surface area contributed by atoms with E-state index in [4.69, 9.17) is 5.73 Å². The molecule has 0 aromatic heterocycles. The standard InChI is InChI=1S/C18H23NO.ClH/c19-17(18(20)14-8-2-1-3-9-14)16-12-6-10-13-7-4-5-11-15(13)16;/h4-7,10-12,14,17-18,20H,1-3,8-9,19H2;1H/t17-,18+;/m1./s1. The van der Waals surface area contributed by atoms with Gasteiger partial charge in [-0.2, -0.15) is 0 Å². The highest BCUT2D eigenvalue weighted by molar-refractivity contribution is 5.86. The third kappa shape index (κ3) is 3.39. The van der Waals surface area contributed by atoms with Crippen LogP contribution in [0, 0.1) is 5.92 Å². The molecule has 2 aromatic rings. The van der Waals surface area contributed by atoms with Gasteiger partial charge in [0.05, 0.1) is 12.1 Å². The third-order valence-electron chi connectivity index (χ3n) is 4.68. The van der Waals surface area contributed by atoms with Gasteiger partial charge in [0.1, 0.15) is 0 Å². The first-order valence-corrected chi connectivity index (χ1v) is 7.68. The molecule has 3 rings (SSSR count). The summed E-state index contributed by atoms with van der Waals surface area (Å²) in [5.41, 5.74) is 7.46. The summed E-state index contributed by atoms with van der Waals surface area (Å²) < 4.78 is 0. The summed E-state index contributed by atoms with van der Waals surface area (Å²) in [7, 11) is 0. The Bertz CT molecular complexity index is 575. The van der Waals surface area contributed by atoms with Crippen molar-refractivity contribution in [3.05, 3.63) is 48.0 Å². The second-order valence-corrected chi connectivity index (χ2v) is 5.98. The molecule has 1 aliphatic rings. The number of rotatable bonds is 3. The Morgan fingerprint density at radius 3 is 2.38 bits per heavy atom. The quantitative estimate of drug-likeness (QED) is 0.892. The summed E-state index contributed by atoms with van der Waals surface area (Å²) in [6, 6.07) is 14.2. The molecule has 114 valence electrons. The normalized spacial score (nSPS) is 19.0. The monoisotopic (exact) mass is 305 g/mol. The first kappa shape index (κ1) is 16.3. The number of hydrogen-bond acceptors (Lipinski definition) is 2. The molecule has 0 amide bonds. The number of aliphatic hydroxyl groups excluding tert-OH is 1. The Kier molecular flexibility index (Phi) is 5.63. The van der Waals surface area contributed by atoms with Crippen LogP contribution in [0.5, 0.6) is 0 Å². The number of nitrogens with two attached hydrogens (primary N) is 1. The minimum atomic E-state index is -0.430. The van der Waals surface area contributed by atoms with Gasteiger partial charge in [0.2, 0.25) is 0 Å². The van der Waals surface area contributed by atoms with Crippen LogP contribution in [0.15, 0.2) is 42.5 Å². The van der Waals surface area contributed by atoms with Gasteiger partial charge in [-0.15, -0.1) is 12.4 Å². The van der Waals surface area contributed by atoms with E-state index >= 15 is 0 Å². The van der Waals surface area contributed by atoms with Crippen molar-refractivity contribution in [3.63, 3.8) is 0 Å². The van der Waals surface area contributed by atoms with Crippen LogP contribution < -0.4 is 5.73 Å². The molecule has 21 heavy (non-hydrogen) atoms. The van der Waals surface area contributed by atoms with Crippen molar-refractivity contribution < 1.29 is 5.11 Å². The van der Waals surface area contributed by atoms with E-state index in [9.17, 15) is 5.11 Å². The van der Waals surface area contributed by atoms with E-state index in [1.807, 2.05) is 18.2 Å². The van der Waals surface area contributed by atoms with Crippen LogP contribution >= 0.6 is 12.4 Å². The fourth-order valence-electron chi connectivity index (χ4n) is 3.49. The van der Waals surface area contributed by atoms with E-state index in [0.717, 1.165) is 23.8 Å². The largest absolute Gasteiger partial charge is 0.391 e. The lowest BCUT2D eigenvalue weighted by atomic mass is 9.80. The maximum Gasteiger partial charge on any atom is 0.0761 e. The predicted octanol–water partition coefficient (Wildman–Crippen LogP) is 4.20. The molecular weight excluding hydrogens is 282 g/mol. The van der Waals surface area contributed by atoms with E-state index < -0.39 is 6.10 Å². The Morgan fingerprint density at radius 1 is 0.952 bits per heavy atom. The van der Waals surface area contributed by atoms with E-state index in [1.54, 1.807) is 0 Å².